The number of methoxy groups -OCH3 is 1. The van der Waals surface area contributed by atoms with Crippen LogP contribution >= 0.6 is 11.6 Å². The van der Waals surface area contributed by atoms with Crippen molar-refractivity contribution in [3.8, 4) is 0 Å². The standard InChI is InChI=1S/C21H25ClN2O2/c1-15-10-16(11-17-6-3-4-8-19(17)22)12-20(23-15)18-7-5-9-24(13-18)21(25)14-26-2/h3-4,6,8,10,12,18H,5,7,9,11,13-14H2,1-2H3. The van der Waals surface area contributed by atoms with Crippen LogP contribution in [0.25, 0.3) is 0 Å². The van der Waals surface area contributed by atoms with Crippen molar-refractivity contribution in [2.45, 2.75) is 32.1 Å². The first-order chi connectivity index (χ1) is 12.6. The summed E-state index contributed by atoms with van der Waals surface area (Å²) in [5.74, 6) is 0.329. The molecule has 2 heterocycles. The Labute approximate surface area is 160 Å². The van der Waals surface area contributed by atoms with Gasteiger partial charge in [-0.05, 0) is 55.5 Å². The Morgan fingerprint density at radius 3 is 2.92 bits per heavy atom. The Balaban J connectivity index is 1.79. The van der Waals surface area contributed by atoms with E-state index in [4.69, 9.17) is 21.3 Å². The maximum absolute atomic E-state index is 12.2. The van der Waals surface area contributed by atoms with Gasteiger partial charge in [0.15, 0.2) is 0 Å². The Morgan fingerprint density at radius 2 is 2.15 bits per heavy atom. The SMILES string of the molecule is COCC(=O)N1CCCC(c2cc(Cc3ccccc3Cl)cc(C)n2)C1. The van der Waals surface area contributed by atoms with Gasteiger partial charge in [-0.1, -0.05) is 29.8 Å². The van der Waals surface area contributed by atoms with E-state index >= 15 is 0 Å². The molecule has 1 aromatic carbocycles. The summed E-state index contributed by atoms with van der Waals surface area (Å²) in [5, 5.41) is 0.789. The zero-order valence-electron chi connectivity index (χ0n) is 15.4. The van der Waals surface area contributed by atoms with Crippen LogP contribution in [0.1, 0.15) is 41.3 Å². The smallest absolute Gasteiger partial charge is 0.248 e. The van der Waals surface area contributed by atoms with Gasteiger partial charge in [0.05, 0.1) is 0 Å². The summed E-state index contributed by atoms with van der Waals surface area (Å²) in [6.07, 6.45) is 2.84. The fourth-order valence-electron chi connectivity index (χ4n) is 3.60. The van der Waals surface area contributed by atoms with E-state index in [-0.39, 0.29) is 18.4 Å². The van der Waals surface area contributed by atoms with Crippen LogP contribution in [0.5, 0.6) is 0 Å². The van der Waals surface area contributed by atoms with Crippen molar-refractivity contribution in [3.05, 3.63) is 63.9 Å². The van der Waals surface area contributed by atoms with Crippen LogP contribution in [-0.4, -0.2) is 42.6 Å². The molecular formula is C21H25ClN2O2. The van der Waals surface area contributed by atoms with Gasteiger partial charge in [-0.25, -0.2) is 0 Å². The number of hydrogen-bond acceptors (Lipinski definition) is 3. The lowest BCUT2D eigenvalue weighted by Gasteiger charge is -2.32. The number of halogens is 1. The van der Waals surface area contributed by atoms with Gasteiger partial charge in [-0.3, -0.25) is 9.78 Å². The van der Waals surface area contributed by atoms with Gasteiger partial charge in [0.2, 0.25) is 5.91 Å². The molecule has 1 aliphatic rings. The molecule has 1 saturated heterocycles. The van der Waals surface area contributed by atoms with E-state index < -0.39 is 0 Å². The zero-order chi connectivity index (χ0) is 18.5. The van der Waals surface area contributed by atoms with E-state index in [1.165, 1.54) is 5.56 Å². The molecule has 0 N–H and O–H groups in total. The van der Waals surface area contributed by atoms with E-state index in [9.17, 15) is 4.79 Å². The van der Waals surface area contributed by atoms with Crippen LogP contribution in [0.2, 0.25) is 5.02 Å². The minimum Gasteiger partial charge on any atom is -0.375 e. The van der Waals surface area contributed by atoms with Crippen molar-refractivity contribution >= 4 is 17.5 Å². The molecule has 0 bridgehead atoms. The Kier molecular flexibility index (Phi) is 6.28. The van der Waals surface area contributed by atoms with E-state index in [2.05, 4.69) is 18.2 Å². The first-order valence-corrected chi connectivity index (χ1v) is 9.42. The summed E-state index contributed by atoms with van der Waals surface area (Å²) in [4.78, 5) is 18.8. The van der Waals surface area contributed by atoms with Gasteiger partial charge < -0.3 is 9.64 Å². The molecule has 1 atom stereocenters. The number of rotatable bonds is 5. The highest BCUT2D eigenvalue weighted by Gasteiger charge is 2.25. The number of carbonyl (C=O) groups is 1. The predicted octanol–water partition coefficient (Wildman–Crippen LogP) is 3.99. The lowest BCUT2D eigenvalue weighted by Crippen LogP contribution is -2.41. The molecule has 0 aliphatic carbocycles. The van der Waals surface area contributed by atoms with Crippen LogP contribution in [0.4, 0.5) is 0 Å². The topological polar surface area (TPSA) is 42.4 Å². The Bertz CT molecular complexity index is 778. The van der Waals surface area contributed by atoms with Crippen LogP contribution in [0.15, 0.2) is 36.4 Å². The lowest BCUT2D eigenvalue weighted by atomic mass is 9.92. The summed E-state index contributed by atoms with van der Waals surface area (Å²) < 4.78 is 4.99. The zero-order valence-corrected chi connectivity index (χ0v) is 16.1. The van der Waals surface area contributed by atoms with Crippen molar-refractivity contribution < 1.29 is 9.53 Å². The van der Waals surface area contributed by atoms with E-state index in [1.54, 1.807) is 7.11 Å². The highest BCUT2D eigenvalue weighted by molar-refractivity contribution is 6.31. The van der Waals surface area contributed by atoms with Gasteiger partial charge in [0.1, 0.15) is 6.61 Å². The summed E-state index contributed by atoms with van der Waals surface area (Å²) in [6, 6.07) is 12.2. The van der Waals surface area contributed by atoms with Crippen LogP contribution in [0.3, 0.4) is 0 Å². The average molecular weight is 373 g/mol. The maximum Gasteiger partial charge on any atom is 0.248 e. The summed E-state index contributed by atoms with van der Waals surface area (Å²) in [5.41, 5.74) is 4.40. The van der Waals surface area contributed by atoms with E-state index in [1.807, 2.05) is 30.0 Å². The van der Waals surface area contributed by atoms with Crippen LogP contribution in [0, 0.1) is 6.92 Å². The van der Waals surface area contributed by atoms with E-state index in [0.29, 0.717) is 6.54 Å². The summed E-state index contributed by atoms with van der Waals surface area (Å²) >= 11 is 6.31. The molecule has 0 saturated carbocycles. The van der Waals surface area contributed by atoms with Gasteiger partial charge in [0.25, 0.3) is 0 Å². The number of aryl methyl sites for hydroxylation is 1. The molecule has 138 valence electrons. The number of hydrogen-bond donors (Lipinski definition) is 0. The van der Waals surface area contributed by atoms with Gasteiger partial charge >= 0.3 is 0 Å². The second-order valence-corrected chi connectivity index (χ2v) is 7.33. The Hall–Kier alpha value is -1.91. The minimum atomic E-state index is 0.0566. The normalized spacial score (nSPS) is 17.3. The number of ether oxygens (including phenoxy) is 1. The number of pyridine rings is 1. The first kappa shape index (κ1) is 18.9. The fraction of sp³-hybridized carbons (Fsp3) is 0.429. The molecule has 1 aromatic heterocycles. The molecule has 1 fully saturated rings. The lowest BCUT2D eigenvalue weighted by molar-refractivity contribution is -0.136. The third kappa shape index (κ3) is 4.63. The second-order valence-electron chi connectivity index (χ2n) is 6.92. The second kappa shape index (κ2) is 8.65. The molecule has 0 radical (unpaired) electrons. The van der Waals surface area contributed by atoms with Gasteiger partial charge in [-0.15, -0.1) is 0 Å². The van der Waals surface area contributed by atoms with Gasteiger partial charge in [-0.2, -0.15) is 0 Å². The Morgan fingerprint density at radius 1 is 1.35 bits per heavy atom. The molecule has 5 heteroatoms. The predicted molar refractivity (Wildman–Crippen MR) is 104 cm³/mol. The van der Waals surface area contributed by atoms with Crippen molar-refractivity contribution in [2.24, 2.45) is 0 Å². The van der Waals surface area contributed by atoms with Gasteiger partial charge in [0, 0.05) is 42.5 Å². The monoisotopic (exact) mass is 372 g/mol. The number of likely N-dealkylation sites (tertiary alicyclic amines) is 1. The number of aromatic nitrogens is 1. The minimum absolute atomic E-state index is 0.0566. The highest BCUT2D eigenvalue weighted by atomic mass is 35.5. The molecule has 0 spiro atoms. The number of carbonyl (C=O) groups excluding carboxylic acids is 1. The highest BCUT2D eigenvalue weighted by Crippen LogP contribution is 2.28. The number of benzene rings is 1. The molecule has 1 aliphatic heterocycles. The van der Waals surface area contributed by atoms with E-state index in [0.717, 1.165) is 47.8 Å². The molecule has 1 amide bonds. The third-order valence-electron chi connectivity index (χ3n) is 4.85. The number of amides is 1. The molecule has 4 nitrogen and oxygen atoms in total. The maximum atomic E-state index is 12.2. The summed E-state index contributed by atoms with van der Waals surface area (Å²) in [7, 11) is 1.56. The van der Waals surface area contributed by atoms with Crippen LogP contribution in [-0.2, 0) is 16.0 Å². The average Bonchev–Trinajstić information content (AvgIpc) is 2.63. The molecule has 3 rings (SSSR count). The number of piperidine rings is 1. The first-order valence-electron chi connectivity index (χ1n) is 9.04. The van der Waals surface area contributed by atoms with Crippen molar-refractivity contribution in [1.29, 1.82) is 0 Å². The summed E-state index contributed by atoms with van der Waals surface area (Å²) in [6.45, 7) is 3.68. The fourth-order valence-corrected chi connectivity index (χ4v) is 3.80. The largest absolute Gasteiger partial charge is 0.375 e. The third-order valence-corrected chi connectivity index (χ3v) is 5.21. The molecule has 26 heavy (non-hydrogen) atoms. The molecule has 1 unspecified atom stereocenters. The molecule has 2 aromatic rings. The van der Waals surface area contributed by atoms with Crippen molar-refractivity contribution in [3.63, 3.8) is 0 Å². The van der Waals surface area contributed by atoms with Crippen molar-refractivity contribution in [2.75, 3.05) is 26.8 Å². The van der Waals surface area contributed by atoms with Crippen LogP contribution < -0.4 is 0 Å². The number of nitrogens with zero attached hydrogens (tertiary/aromatic N) is 2. The molecular weight excluding hydrogens is 348 g/mol. The van der Waals surface area contributed by atoms with Crippen molar-refractivity contribution in [1.82, 2.24) is 9.88 Å². The quantitative estimate of drug-likeness (QED) is 0.797.